The number of nitrogens with zero attached hydrogens (tertiary/aromatic N) is 1. The third kappa shape index (κ3) is 3.36. The Morgan fingerprint density at radius 3 is 2.93 bits per heavy atom. The predicted octanol–water partition coefficient (Wildman–Crippen LogP) is 1.64. The molecule has 1 heterocycles. The molecular formula is C10H18N2OS. The highest BCUT2D eigenvalue weighted by Crippen LogP contribution is 2.18. The second kappa shape index (κ2) is 5.44. The predicted molar refractivity (Wildman–Crippen MR) is 59.3 cm³/mol. The highest BCUT2D eigenvalue weighted by molar-refractivity contribution is 7.09. The normalized spacial score (nSPS) is 15.4. The molecule has 0 aromatic carbocycles. The molecule has 0 bridgehead atoms. The summed E-state index contributed by atoms with van der Waals surface area (Å²) in [5.74, 6) is 0. The van der Waals surface area contributed by atoms with Gasteiger partial charge in [-0.2, -0.15) is 0 Å². The first kappa shape index (κ1) is 11.6. The van der Waals surface area contributed by atoms with Crippen molar-refractivity contribution in [1.29, 1.82) is 0 Å². The average molecular weight is 214 g/mol. The van der Waals surface area contributed by atoms with E-state index in [1.165, 1.54) is 4.88 Å². The molecule has 1 rings (SSSR count). The first-order valence-corrected chi connectivity index (χ1v) is 5.77. The van der Waals surface area contributed by atoms with Gasteiger partial charge in [-0.15, -0.1) is 11.3 Å². The van der Waals surface area contributed by atoms with Gasteiger partial charge in [-0.05, 0) is 6.42 Å². The fourth-order valence-electron chi connectivity index (χ4n) is 1.11. The summed E-state index contributed by atoms with van der Waals surface area (Å²) in [6.07, 6.45) is 2.86. The number of hydrogen-bond acceptors (Lipinski definition) is 4. The number of aromatic nitrogens is 1. The average Bonchev–Trinajstić information content (AvgIpc) is 2.70. The Kier molecular flexibility index (Phi) is 4.51. The zero-order valence-corrected chi connectivity index (χ0v) is 9.60. The monoisotopic (exact) mass is 214 g/mol. The summed E-state index contributed by atoms with van der Waals surface area (Å²) >= 11 is 1.65. The molecule has 2 N–H and O–H groups in total. The molecule has 14 heavy (non-hydrogen) atoms. The van der Waals surface area contributed by atoms with Crippen LogP contribution >= 0.6 is 11.3 Å². The van der Waals surface area contributed by atoms with Crippen molar-refractivity contribution in [2.45, 2.75) is 26.8 Å². The highest BCUT2D eigenvalue weighted by atomic mass is 32.1. The van der Waals surface area contributed by atoms with Gasteiger partial charge < -0.3 is 10.4 Å². The number of aliphatic hydroxyl groups excluding tert-OH is 1. The van der Waals surface area contributed by atoms with Crippen molar-refractivity contribution in [2.75, 3.05) is 13.2 Å². The van der Waals surface area contributed by atoms with Crippen molar-refractivity contribution < 1.29 is 5.11 Å². The van der Waals surface area contributed by atoms with Gasteiger partial charge in [-0.3, -0.25) is 4.98 Å². The maximum atomic E-state index is 9.19. The van der Waals surface area contributed by atoms with Crippen molar-refractivity contribution in [3.05, 3.63) is 16.6 Å². The van der Waals surface area contributed by atoms with Gasteiger partial charge in [0.25, 0.3) is 0 Å². The topological polar surface area (TPSA) is 45.1 Å². The molecule has 1 unspecified atom stereocenters. The summed E-state index contributed by atoms with van der Waals surface area (Å²) in [6, 6.07) is 0. The summed E-state index contributed by atoms with van der Waals surface area (Å²) < 4.78 is 0. The van der Waals surface area contributed by atoms with Crippen LogP contribution in [0.3, 0.4) is 0 Å². The van der Waals surface area contributed by atoms with Crippen LogP contribution in [0.4, 0.5) is 0 Å². The smallest absolute Gasteiger partial charge is 0.0794 e. The lowest BCUT2D eigenvalue weighted by atomic mass is 9.89. The Labute approximate surface area is 89.2 Å². The standard InChI is InChI=1S/C10H18N2OS/c1-3-10(2,7-13)6-11-4-9-5-12-8-14-9/h5,8,11,13H,3-4,6-7H2,1-2H3. The van der Waals surface area contributed by atoms with Crippen molar-refractivity contribution in [3.63, 3.8) is 0 Å². The van der Waals surface area contributed by atoms with Crippen molar-refractivity contribution in [3.8, 4) is 0 Å². The van der Waals surface area contributed by atoms with Crippen LogP contribution in [0.5, 0.6) is 0 Å². The number of nitrogens with one attached hydrogen (secondary N) is 1. The second-order valence-electron chi connectivity index (χ2n) is 3.89. The molecule has 0 amide bonds. The van der Waals surface area contributed by atoms with Crippen LogP contribution in [0.1, 0.15) is 25.1 Å². The van der Waals surface area contributed by atoms with E-state index in [0.717, 1.165) is 19.5 Å². The van der Waals surface area contributed by atoms with Crippen LogP contribution in [-0.2, 0) is 6.54 Å². The Morgan fingerprint density at radius 2 is 2.43 bits per heavy atom. The van der Waals surface area contributed by atoms with Crippen molar-refractivity contribution >= 4 is 11.3 Å². The fourth-order valence-corrected chi connectivity index (χ4v) is 1.67. The van der Waals surface area contributed by atoms with Crippen LogP contribution in [-0.4, -0.2) is 23.2 Å². The van der Waals surface area contributed by atoms with E-state index in [2.05, 4.69) is 24.1 Å². The lowest BCUT2D eigenvalue weighted by Crippen LogP contribution is -2.33. The van der Waals surface area contributed by atoms with Crippen LogP contribution in [0.25, 0.3) is 0 Å². The summed E-state index contributed by atoms with van der Waals surface area (Å²) in [4.78, 5) is 5.24. The van der Waals surface area contributed by atoms with Gasteiger partial charge in [-0.1, -0.05) is 13.8 Å². The maximum absolute atomic E-state index is 9.19. The minimum Gasteiger partial charge on any atom is -0.396 e. The van der Waals surface area contributed by atoms with E-state index in [-0.39, 0.29) is 12.0 Å². The van der Waals surface area contributed by atoms with Crippen LogP contribution < -0.4 is 5.32 Å². The molecule has 1 atom stereocenters. The van der Waals surface area contributed by atoms with Gasteiger partial charge in [0.1, 0.15) is 0 Å². The molecule has 0 saturated heterocycles. The van der Waals surface area contributed by atoms with E-state index in [4.69, 9.17) is 0 Å². The molecule has 0 radical (unpaired) electrons. The summed E-state index contributed by atoms with van der Waals surface area (Å²) in [6.45, 7) is 6.12. The molecule has 80 valence electrons. The minimum atomic E-state index is 0.00465. The summed E-state index contributed by atoms with van der Waals surface area (Å²) in [7, 11) is 0. The first-order chi connectivity index (χ1) is 6.70. The van der Waals surface area contributed by atoms with Gasteiger partial charge in [0, 0.05) is 36.2 Å². The van der Waals surface area contributed by atoms with E-state index < -0.39 is 0 Å². The minimum absolute atomic E-state index is 0.00465. The Balaban J connectivity index is 2.27. The van der Waals surface area contributed by atoms with Gasteiger partial charge in [0.2, 0.25) is 0 Å². The molecular weight excluding hydrogens is 196 g/mol. The van der Waals surface area contributed by atoms with E-state index in [0.29, 0.717) is 0 Å². The first-order valence-electron chi connectivity index (χ1n) is 4.89. The third-order valence-corrected chi connectivity index (χ3v) is 3.35. The number of hydrogen-bond donors (Lipinski definition) is 2. The maximum Gasteiger partial charge on any atom is 0.0794 e. The molecule has 3 nitrogen and oxygen atoms in total. The van der Waals surface area contributed by atoms with E-state index in [1.54, 1.807) is 11.3 Å². The molecule has 0 fully saturated rings. The number of thiazole rings is 1. The zero-order valence-electron chi connectivity index (χ0n) is 8.79. The third-order valence-electron chi connectivity index (χ3n) is 2.57. The fraction of sp³-hybridized carbons (Fsp3) is 0.700. The summed E-state index contributed by atoms with van der Waals surface area (Å²) in [5, 5.41) is 12.5. The second-order valence-corrected chi connectivity index (χ2v) is 4.86. The van der Waals surface area contributed by atoms with Crippen molar-refractivity contribution in [1.82, 2.24) is 10.3 Å². The Morgan fingerprint density at radius 1 is 1.64 bits per heavy atom. The summed E-state index contributed by atoms with van der Waals surface area (Å²) in [5.41, 5.74) is 1.84. The lowest BCUT2D eigenvalue weighted by molar-refractivity contribution is 0.135. The molecule has 0 spiro atoms. The molecule has 0 aliphatic rings. The highest BCUT2D eigenvalue weighted by Gasteiger charge is 2.19. The van der Waals surface area contributed by atoms with E-state index in [1.807, 2.05) is 11.7 Å². The molecule has 0 saturated carbocycles. The van der Waals surface area contributed by atoms with Crippen LogP contribution in [0.2, 0.25) is 0 Å². The Hall–Kier alpha value is -0.450. The largest absolute Gasteiger partial charge is 0.396 e. The lowest BCUT2D eigenvalue weighted by Gasteiger charge is -2.25. The van der Waals surface area contributed by atoms with Gasteiger partial charge in [-0.25, -0.2) is 0 Å². The number of aliphatic hydroxyl groups is 1. The van der Waals surface area contributed by atoms with E-state index in [9.17, 15) is 5.11 Å². The van der Waals surface area contributed by atoms with Gasteiger partial charge >= 0.3 is 0 Å². The van der Waals surface area contributed by atoms with Gasteiger partial charge in [0.15, 0.2) is 0 Å². The quantitative estimate of drug-likeness (QED) is 0.756. The van der Waals surface area contributed by atoms with E-state index >= 15 is 0 Å². The van der Waals surface area contributed by atoms with Crippen LogP contribution in [0, 0.1) is 5.41 Å². The zero-order chi connectivity index (χ0) is 10.4. The van der Waals surface area contributed by atoms with Crippen molar-refractivity contribution in [2.24, 2.45) is 5.41 Å². The molecule has 1 aromatic rings. The van der Waals surface area contributed by atoms with Gasteiger partial charge in [0.05, 0.1) is 5.51 Å². The molecule has 4 heteroatoms. The number of rotatable bonds is 6. The molecule has 1 aromatic heterocycles. The Bertz CT molecular complexity index is 245. The van der Waals surface area contributed by atoms with Crippen LogP contribution in [0.15, 0.2) is 11.7 Å². The molecule has 0 aliphatic heterocycles. The molecule has 0 aliphatic carbocycles. The SMILES string of the molecule is CCC(C)(CO)CNCc1cncs1.